The van der Waals surface area contributed by atoms with Gasteiger partial charge in [0.05, 0.1) is 13.2 Å². The van der Waals surface area contributed by atoms with Crippen molar-refractivity contribution in [3.8, 4) is 5.75 Å². The van der Waals surface area contributed by atoms with E-state index in [1.54, 1.807) is 7.11 Å². The molecule has 21 heavy (non-hydrogen) atoms. The second-order valence-electron chi connectivity index (χ2n) is 5.33. The summed E-state index contributed by atoms with van der Waals surface area (Å²) in [7, 11) is 1.69. The van der Waals surface area contributed by atoms with Crippen molar-refractivity contribution in [2.45, 2.75) is 38.6 Å². The molecule has 0 radical (unpaired) electrons. The Labute approximate surface area is 128 Å². The predicted molar refractivity (Wildman–Crippen MR) is 89.9 cm³/mol. The summed E-state index contributed by atoms with van der Waals surface area (Å²) < 4.78 is 5.21. The van der Waals surface area contributed by atoms with Crippen LogP contribution in [-0.2, 0) is 0 Å². The molecule has 0 saturated heterocycles. The van der Waals surface area contributed by atoms with Crippen LogP contribution in [0.5, 0.6) is 5.75 Å². The first kappa shape index (κ1) is 15.4. The molecule has 1 unspecified atom stereocenters. The number of ether oxygens (including phenoxy) is 1. The summed E-state index contributed by atoms with van der Waals surface area (Å²) in [6, 6.07) is 19.2. The highest BCUT2D eigenvalue weighted by Crippen LogP contribution is 2.26. The number of anilines is 1. The van der Waals surface area contributed by atoms with Gasteiger partial charge in [-0.25, -0.2) is 0 Å². The van der Waals surface area contributed by atoms with E-state index in [4.69, 9.17) is 4.74 Å². The molecule has 2 rings (SSSR count). The van der Waals surface area contributed by atoms with Gasteiger partial charge in [0.25, 0.3) is 0 Å². The van der Waals surface area contributed by atoms with E-state index >= 15 is 0 Å². The van der Waals surface area contributed by atoms with Gasteiger partial charge < -0.3 is 10.1 Å². The average Bonchev–Trinajstić information content (AvgIpc) is 2.55. The molecule has 0 spiro atoms. The van der Waals surface area contributed by atoms with Gasteiger partial charge in [0, 0.05) is 5.69 Å². The lowest BCUT2D eigenvalue weighted by atomic mass is 10.00. The third-order valence-electron chi connectivity index (χ3n) is 3.73. The standard InChI is InChI=1S/C19H25NO/c1-3-4-6-11-19(16-9-7-5-8-10-16)20-17-12-14-18(21-2)15-13-17/h5,7-10,12-15,19-20H,3-4,6,11H2,1-2H3. The first-order valence-corrected chi connectivity index (χ1v) is 7.79. The van der Waals surface area contributed by atoms with E-state index in [2.05, 4.69) is 54.7 Å². The van der Waals surface area contributed by atoms with E-state index in [0.29, 0.717) is 6.04 Å². The minimum atomic E-state index is 0.367. The van der Waals surface area contributed by atoms with Crippen molar-refractivity contribution in [3.05, 3.63) is 60.2 Å². The third kappa shape index (κ3) is 4.82. The molecule has 2 aromatic carbocycles. The Hall–Kier alpha value is -1.96. The number of hydrogen-bond acceptors (Lipinski definition) is 2. The molecule has 0 bridgehead atoms. The van der Waals surface area contributed by atoms with E-state index in [1.165, 1.54) is 24.8 Å². The van der Waals surface area contributed by atoms with E-state index in [9.17, 15) is 0 Å². The average molecular weight is 283 g/mol. The molecule has 1 atom stereocenters. The lowest BCUT2D eigenvalue weighted by Gasteiger charge is -2.20. The maximum absolute atomic E-state index is 5.21. The molecule has 0 fully saturated rings. The van der Waals surface area contributed by atoms with Crippen LogP contribution in [0.1, 0.15) is 44.2 Å². The number of unbranched alkanes of at least 4 members (excludes halogenated alkanes) is 2. The molecule has 0 aliphatic rings. The molecule has 0 saturated carbocycles. The summed E-state index contributed by atoms with van der Waals surface area (Å²) in [6.07, 6.45) is 4.95. The van der Waals surface area contributed by atoms with Gasteiger partial charge >= 0.3 is 0 Å². The molecule has 0 aliphatic heterocycles. The van der Waals surface area contributed by atoms with Crippen LogP contribution < -0.4 is 10.1 Å². The summed E-state index contributed by atoms with van der Waals surface area (Å²) in [5, 5.41) is 3.65. The van der Waals surface area contributed by atoms with Crippen LogP contribution in [0, 0.1) is 0 Å². The fourth-order valence-electron chi connectivity index (χ4n) is 2.49. The molecule has 0 aliphatic carbocycles. The largest absolute Gasteiger partial charge is 0.497 e. The zero-order valence-electron chi connectivity index (χ0n) is 13.0. The van der Waals surface area contributed by atoms with Crippen molar-refractivity contribution in [2.24, 2.45) is 0 Å². The minimum absolute atomic E-state index is 0.367. The number of nitrogens with one attached hydrogen (secondary N) is 1. The highest BCUT2D eigenvalue weighted by Gasteiger charge is 2.10. The molecular weight excluding hydrogens is 258 g/mol. The lowest BCUT2D eigenvalue weighted by molar-refractivity contribution is 0.415. The third-order valence-corrected chi connectivity index (χ3v) is 3.73. The smallest absolute Gasteiger partial charge is 0.119 e. The Morgan fingerprint density at radius 3 is 2.29 bits per heavy atom. The minimum Gasteiger partial charge on any atom is -0.497 e. The van der Waals surface area contributed by atoms with Crippen LogP contribution in [0.15, 0.2) is 54.6 Å². The van der Waals surface area contributed by atoms with Crippen molar-refractivity contribution in [1.82, 2.24) is 0 Å². The van der Waals surface area contributed by atoms with Gasteiger partial charge in [-0.15, -0.1) is 0 Å². The first-order chi connectivity index (χ1) is 10.3. The molecule has 2 heteroatoms. The Kier molecular flexibility index (Phi) is 6.14. The molecule has 112 valence electrons. The fourth-order valence-corrected chi connectivity index (χ4v) is 2.49. The van der Waals surface area contributed by atoms with Crippen molar-refractivity contribution in [3.63, 3.8) is 0 Å². The van der Waals surface area contributed by atoms with Crippen LogP contribution in [0.25, 0.3) is 0 Å². The van der Waals surface area contributed by atoms with Crippen LogP contribution >= 0.6 is 0 Å². The SMILES string of the molecule is CCCCCC(Nc1ccc(OC)cc1)c1ccccc1. The number of methoxy groups -OCH3 is 1. The summed E-state index contributed by atoms with van der Waals surface area (Å²) in [6.45, 7) is 2.24. The van der Waals surface area contributed by atoms with Gasteiger partial charge in [0.2, 0.25) is 0 Å². The Morgan fingerprint density at radius 1 is 0.952 bits per heavy atom. The molecule has 0 heterocycles. The van der Waals surface area contributed by atoms with Gasteiger partial charge in [-0.2, -0.15) is 0 Å². The van der Waals surface area contributed by atoms with Crippen molar-refractivity contribution in [1.29, 1.82) is 0 Å². The molecule has 1 N–H and O–H groups in total. The van der Waals surface area contributed by atoms with Crippen molar-refractivity contribution in [2.75, 3.05) is 12.4 Å². The number of benzene rings is 2. The van der Waals surface area contributed by atoms with Crippen molar-refractivity contribution >= 4 is 5.69 Å². The van der Waals surface area contributed by atoms with E-state index in [-0.39, 0.29) is 0 Å². The van der Waals surface area contributed by atoms with Gasteiger partial charge in [-0.05, 0) is 36.2 Å². The quantitative estimate of drug-likeness (QED) is 0.652. The topological polar surface area (TPSA) is 21.3 Å². The van der Waals surface area contributed by atoms with E-state index in [0.717, 1.165) is 17.9 Å². The number of hydrogen-bond donors (Lipinski definition) is 1. The van der Waals surface area contributed by atoms with E-state index < -0.39 is 0 Å². The predicted octanol–water partition coefficient (Wildman–Crippen LogP) is 5.43. The Balaban J connectivity index is 2.07. The fraction of sp³-hybridized carbons (Fsp3) is 0.368. The zero-order valence-corrected chi connectivity index (χ0v) is 13.0. The highest BCUT2D eigenvalue weighted by molar-refractivity contribution is 5.48. The van der Waals surface area contributed by atoms with Crippen LogP contribution in [0.3, 0.4) is 0 Å². The molecule has 2 nitrogen and oxygen atoms in total. The first-order valence-electron chi connectivity index (χ1n) is 7.79. The summed E-state index contributed by atoms with van der Waals surface area (Å²) >= 11 is 0. The van der Waals surface area contributed by atoms with Gasteiger partial charge in [0.1, 0.15) is 5.75 Å². The second kappa shape index (κ2) is 8.35. The number of rotatable bonds is 8. The molecular formula is C19H25NO. The van der Waals surface area contributed by atoms with Crippen molar-refractivity contribution < 1.29 is 4.74 Å². The van der Waals surface area contributed by atoms with Crippen LogP contribution in [0.2, 0.25) is 0 Å². The Morgan fingerprint density at radius 2 is 1.67 bits per heavy atom. The van der Waals surface area contributed by atoms with Crippen LogP contribution in [-0.4, -0.2) is 7.11 Å². The molecule has 2 aromatic rings. The van der Waals surface area contributed by atoms with Gasteiger partial charge in [-0.1, -0.05) is 56.5 Å². The monoisotopic (exact) mass is 283 g/mol. The lowest BCUT2D eigenvalue weighted by Crippen LogP contribution is -2.10. The normalized spacial score (nSPS) is 11.9. The van der Waals surface area contributed by atoms with Crippen LogP contribution in [0.4, 0.5) is 5.69 Å². The Bertz CT molecular complexity index is 507. The zero-order chi connectivity index (χ0) is 14.9. The highest BCUT2D eigenvalue weighted by atomic mass is 16.5. The molecule has 0 aromatic heterocycles. The summed E-state index contributed by atoms with van der Waals surface area (Å²) in [5.41, 5.74) is 2.49. The summed E-state index contributed by atoms with van der Waals surface area (Å²) in [5.74, 6) is 0.891. The maximum Gasteiger partial charge on any atom is 0.119 e. The second-order valence-corrected chi connectivity index (χ2v) is 5.33. The van der Waals surface area contributed by atoms with Gasteiger partial charge in [-0.3, -0.25) is 0 Å². The maximum atomic E-state index is 5.21. The molecule has 0 amide bonds. The summed E-state index contributed by atoms with van der Waals surface area (Å²) in [4.78, 5) is 0. The van der Waals surface area contributed by atoms with Gasteiger partial charge in [0.15, 0.2) is 0 Å². The van der Waals surface area contributed by atoms with E-state index in [1.807, 2.05) is 12.1 Å².